The van der Waals surface area contributed by atoms with Gasteiger partial charge in [0.25, 0.3) is 5.91 Å². The molecule has 0 fully saturated rings. The van der Waals surface area contributed by atoms with E-state index in [4.69, 9.17) is 0 Å². The van der Waals surface area contributed by atoms with Crippen molar-refractivity contribution >= 4 is 27.5 Å². The Balaban J connectivity index is 1.58. The van der Waals surface area contributed by atoms with Crippen LogP contribution in [0.3, 0.4) is 0 Å². The van der Waals surface area contributed by atoms with Crippen molar-refractivity contribution in [2.75, 3.05) is 5.32 Å². The second-order valence-electron chi connectivity index (χ2n) is 5.86. The summed E-state index contributed by atoms with van der Waals surface area (Å²) in [6.45, 7) is 1.01. The van der Waals surface area contributed by atoms with E-state index in [1.54, 1.807) is 12.1 Å². The maximum atomic E-state index is 12.4. The van der Waals surface area contributed by atoms with E-state index in [0.29, 0.717) is 5.56 Å². The Kier molecular flexibility index (Phi) is 3.94. The first-order valence-corrected chi connectivity index (χ1v) is 8.72. The monoisotopic (exact) mass is 381 g/mol. The van der Waals surface area contributed by atoms with Crippen LogP contribution < -0.4 is 5.32 Å². The molecule has 0 bridgehead atoms. The number of rotatable bonds is 3. The lowest BCUT2D eigenvalue weighted by atomic mass is 10.1. The summed E-state index contributed by atoms with van der Waals surface area (Å²) >= 11 is 3.38. The first-order valence-electron chi connectivity index (χ1n) is 7.92. The van der Waals surface area contributed by atoms with E-state index in [-0.39, 0.29) is 5.91 Å². The maximum Gasteiger partial charge on any atom is 0.255 e. The molecule has 1 N–H and O–H groups in total. The highest BCUT2D eigenvalue weighted by atomic mass is 79.9. The Morgan fingerprint density at radius 2 is 2.00 bits per heavy atom. The fourth-order valence-electron chi connectivity index (χ4n) is 3.05. The second kappa shape index (κ2) is 6.24. The molecule has 0 spiro atoms. The van der Waals surface area contributed by atoms with Gasteiger partial charge in [-0.05, 0) is 42.8 Å². The number of benzene rings is 2. The molecule has 120 valence electrons. The zero-order valence-corrected chi connectivity index (χ0v) is 14.6. The van der Waals surface area contributed by atoms with Gasteiger partial charge in [0.15, 0.2) is 0 Å². The van der Waals surface area contributed by atoms with Crippen LogP contribution in [0.5, 0.6) is 0 Å². The summed E-state index contributed by atoms with van der Waals surface area (Å²) in [6, 6.07) is 15.2. The van der Waals surface area contributed by atoms with Gasteiger partial charge >= 0.3 is 0 Å². The van der Waals surface area contributed by atoms with E-state index in [1.807, 2.05) is 36.5 Å². The molecule has 0 saturated carbocycles. The summed E-state index contributed by atoms with van der Waals surface area (Å²) in [7, 11) is 0. The summed E-state index contributed by atoms with van der Waals surface area (Å²) in [6.07, 6.45) is 4.11. The number of nitrogens with one attached hydrogen (secondary N) is 1. The van der Waals surface area contributed by atoms with Crippen LogP contribution in [-0.2, 0) is 13.0 Å². The lowest BCUT2D eigenvalue weighted by molar-refractivity contribution is 0.102. The second-order valence-corrected chi connectivity index (χ2v) is 6.77. The number of aromatic nitrogens is 2. The number of anilines is 1. The molecule has 4 rings (SSSR count). The molecular weight excluding hydrogens is 366 g/mol. The number of fused-ring (bicyclic) bond motifs is 1. The third-order valence-electron chi connectivity index (χ3n) is 4.24. The number of aryl methyl sites for hydroxylation is 1. The molecule has 0 atom stereocenters. The van der Waals surface area contributed by atoms with Crippen molar-refractivity contribution in [1.82, 2.24) is 9.55 Å². The van der Waals surface area contributed by atoms with E-state index in [1.165, 1.54) is 0 Å². The van der Waals surface area contributed by atoms with Crippen molar-refractivity contribution in [1.29, 1.82) is 0 Å². The van der Waals surface area contributed by atoms with Crippen molar-refractivity contribution in [2.45, 2.75) is 19.4 Å². The van der Waals surface area contributed by atoms with Gasteiger partial charge in [-0.15, -0.1) is 0 Å². The molecule has 24 heavy (non-hydrogen) atoms. The van der Waals surface area contributed by atoms with Crippen molar-refractivity contribution < 1.29 is 4.79 Å². The number of imidazole rings is 1. The van der Waals surface area contributed by atoms with Gasteiger partial charge in [0.05, 0.1) is 11.9 Å². The minimum absolute atomic E-state index is 0.113. The van der Waals surface area contributed by atoms with Gasteiger partial charge < -0.3 is 9.88 Å². The zero-order valence-electron chi connectivity index (χ0n) is 13.0. The third-order valence-corrected chi connectivity index (χ3v) is 4.77. The van der Waals surface area contributed by atoms with Crippen LogP contribution in [-0.4, -0.2) is 15.5 Å². The van der Waals surface area contributed by atoms with Gasteiger partial charge in [0.2, 0.25) is 0 Å². The number of hydrogen-bond donors (Lipinski definition) is 1. The molecule has 1 amide bonds. The molecule has 5 heteroatoms. The van der Waals surface area contributed by atoms with Gasteiger partial charge in [-0.1, -0.05) is 28.1 Å². The number of carbonyl (C=O) groups is 1. The quantitative estimate of drug-likeness (QED) is 0.725. The fraction of sp³-hybridized carbons (Fsp3) is 0.158. The summed E-state index contributed by atoms with van der Waals surface area (Å²) in [4.78, 5) is 16.9. The lowest BCUT2D eigenvalue weighted by Gasteiger charge is -2.09. The Bertz CT molecular complexity index is 899. The van der Waals surface area contributed by atoms with Gasteiger partial charge in [-0.2, -0.15) is 0 Å². The molecule has 0 aliphatic carbocycles. The van der Waals surface area contributed by atoms with Crippen molar-refractivity contribution in [3.63, 3.8) is 0 Å². The Hall–Kier alpha value is -2.40. The van der Waals surface area contributed by atoms with Gasteiger partial charge in [0.1, 0.15) is 5.82 Å². The summed E-state index contributed by atoms with van der Waals surface area (Å²) in [5, 5.41) is 2.96. The average Bonchev–Trinajstić information content (AvgIpc) is 3.19. The minimum atomic E-state index is -0.113. The van der Waals surface area contributed by atoms with Crippen molar-refractivity contribution in [2.24, 2.45) is 0 Å². The summed E-state index contributed by atoms with van der Waals surface area (Å²) in [5.41, 5.74) is 3.61. The zero-order chi connectivity index (χ0) is 16.5. The SMILES string of the molecule is O=C(Nc1cccc(-c2cnc3n2CCC3)c1)c1ccc(Br)cc1. The lowest BCUT2D eigenvalue weighted by Crippen LogP contribution is -2.11. The molecule has 0 radical (unpaired) electrons. The standard InChI is InChI=1S/C19H16BrN3O/c20-15-8-6-13(7-9-15)19(24)22-16-4-1-3-14(11-16)17-12-21-18-5-2-10-23(17)18/h1,3-4,6-9,11-12H,2,5,10H2,(H,22,24). The molecule has 4 nitrogen and oxygen atoms in total. The number of nitrogens with zero attached hydrogens (tertiary/aromatic N) is 2. The fourth-order valence-corrected chi connectivity index (χ4v) is 3.31. The van der Waals surface area contributed by atoms with Gasteiger partial charge in [0, 0.05) is 34.3 Å². The van der Waals surface area contributed by atoms with Gasteiger partial charge in [-0.3, -0.25) is 4.79 Å². The van der Waals surface area contributed by atoms with Crippen LogP contribution >= 0.6 is 15.9 Å². The number of halogens is 1. The number of hydrogen-bond acceptors (Lipinski definition) is 2. The molecule has 2 aromatic carbocycles. The summed E-state index contributed by atoms with van der Waals surface area (Å²) < 4.78 is 3.21. The van der Waals surface area contributed by atoms with Gasteiger partial charge in [-0.25, -0.2) is 4.98 Å². The van der Waals surface area contributed by atoms with Crippen LogP contribution in [0.4, 0.5) is 5.69 Å². The van der Waals surface area contributed by atoms with E-state index in [0.717, 1.165) is 46.6 Å². The van der Waals surface area contributed by atoms with Crippen molar-refractivity contribution in [3.8, 4) is 11.3 Å². The minimum Gasteiger partial charge on any atom is -0.328 e. The highest BCUT2D eigenvalue weighted by Crippen LogP contribution is 2.27. The van der Waals surface area contributed by atoms with E-state index in [2.05, 4.69) is 36.9 Å². The number of carbonyl (C=O) groups excluding carboxylic acids is 1. The van der Waals surface area contributed by atoms with Crippen molar-refractivity contribution in [3.05, 3.63) is 70.6 Å². The first kappa shape index (κ1) is 15.1. The normalized spacial score (nSPS) is 12.9. The van der Waals surface area contributed by atoms with Crippen LogP contribution in [0.2, 0.25) is 0 Å². The Morgan fingerprint density at radius 1 is 1.17 bits per heavy atom. The molecule has 0 saturated heterocycles. The largest absolute Gasteiger partial charge is 0.328 e. The molecule has 1 aromatic heterocycles. The smallest absolute Gasteiger partial charge is 0.255 e. The Morgan fingerprint density at radius 3 is 2.83 bits per heavy atom. The molecule has 2 heterocycles. The predicted molar refractivity (Wildman–Crippen MR) is 98.1 cm³/mol. The highest BCUT2D eigenvalue weighted by Gasteiger charge is 2.16. The molecular formula is C19H16BrN3O. The molecule has 0 unspecified atom stereocenters. The average molecular weight is 382 g/mol. The van der Waals surface area contributed by atoms with Crippen LogP contribution in [0, 0.1) is 0 Å². The third kappa shape index (κ3) is 2.87. The van der Waals surface area contributed by atoms with Crippen LogP contribution in [0.15, 0.2) is 59.2 Å². The Labute approximate surface area is 148 Å². The summed E-state index contributed by atoms with van der Waals surface area (Å²) in [5.74, 6) is 1.03. The highest BCUT2D eigenvalue weighted by molar-refractivity contribution is 9.10. The number of amides is 1. The van der Waals surface area contributed by atoms with Crippen LogP contribution in [0.1, 0.15) is 22.6 Å². The van der Waals surface area contributed by atoms with Crippen LogP contribution in [0.25, 0.3) is 11.3 Å². The van der Waals surface area contributed by atoms with E-state index in [9.17, 15) is 4.79 Å². The molecule has 1 aliphatic rings. The molecule has 1 aliphatic heterocycles. The maximum absolute atomic E-state index is 12.4. The predicted octanol–water partition coefficient (Wildman–Crippen LogP) is 4.51. The topological polar surface area (TPSA) is 46.9 Å². The first-order chi connectivity index (χ1) is 11.7. The van der Waals surface area contributed by atoms with E-state index < -0.39 is 0 Å². The van der Waals surface area contributed by atoms with E-state index >= 15 is 0 Å². The molecule has 3 aromatic rings.